The lowest BCUT2D eigenvalue weighted by Gasteiger charge is -2.37. The number of hydrogen-bond donors (Lipinski definition) is 3. The summed E-state index contributed by atoms with van der Waals surface area (Å²) < 4.78 is 15.8. The quantitative estimate of drug-likeness (QED) is 0.655. The van der Waals surface area contributed by atoms with Crippen LogP contribution in [0.1, 0.15) is 27.9 Å². The van der Waals surface area contributed by atoms with Gasteiger partial charge in [-0.2, -0.15) is 0 Å². The smallest absolute Gasteiger partial charge is 0.337 e. The van der Waals surface area contributed by atoms with Gasteiger partial charge in [0.2, 0.25) is 0 Å². The summed E-state index contributed by atoms with van der Waals surface area (Å²) in [6, 6.07) is 5.44. The molecule has 132 valence electrons. The summed E-state index contributed by atoms with van der Waals surface area (Å²) in [5.41, 5.74) is 2.68. The Bertz CT molecular complexity index is 603. The second-order valence-electron chi connectivity index (χ2n) is 6.23. The minimum Gasteiger partial charge on any atom is -0.465 e. The Morgan fingerprint density at radius 1 is 1.21 bits per heavy atom. The Hall–Kier alpha value is -1.51. The SMILES string of the molecule is COC(=O)c1ccc2c(c1)CC[C@@H](O[C@@H]1OC[C@@H](O)[C@H](O)[C@H]1O)C2. The van der Waals surface area contributed by atoms with Gasteiger partial charge < -0.3 is 29.5 Å². The molecule has 7 nitrogen and oxygen atoms in total. The Kier molecular flexibility index (Phi) is 5.17. The van der Waals surface area contributed by atoms with Crippen molar-refractivity contribution in [3.63, 3.8) is 0 Å². The number of benzene rings is 1. The van der Waals surface area contributed by atoms with Crippen molar-refractivity contribution in [2.45, 2.75) is 50.0 Å². The minimum atomic E-state index is -1.28. The molecule has 1 aromatic carbocycles. The predicted molar refractivity (Wildman–Crippen MR) is 82.4 cm³/mol. The van der Waals surface area contributed by atoms with E-state index in [1.165, 1.54) is 7.11 Å². The van der Waals surface area contributed by atoms with Crippen LogP contribution in [0.5, 0.6) is 0 Å². The van der Waals surface area contributed by atoms with E-state index in [-0.39, 0.29) is 18.7 Å². The van der Waals surface area contributed by atoms with Gasteiger partial charge in [0.15, 0.2) is 6.29 Å². The van der Waals surface area contributed by atoms with Gasteiger partial charge in [0, 0.05) is 0 Å². The second kappa shape index (κ2) is 7.16. The summed E-state index contributed by atoms with van der Waals surface area (Å²) >= 11 is 0. The van der Waals surface area contributed by atoms with Crippen molar-refractivity contribution >= 4 is 5.97 Å². The van der Waals surface area contributed by atoms with Gasteiger partial charge in [0.05, 0.1) is 25.4 Å². The van der Waals surface area contributed by atoms with Gasteiger partial charge >= 0.3 is 5.97 Å². The molecule has 1 aliphatic heterocycles. The number of rotatable bonds is 3. The molecule has 0 bridgehead atoms. The van der Waals surface area contributed by atoms with E-state index in [1.54, 1.807) is 6.07 Å². The zero-order valence-electron chi connectivity index (χ0n) is 13.4. The fourth-order valence-corrected chi connectivity index (χ4v) is 3.17. The number of ether oxygens (including phenoxy) is 3. The first-order valence-electron chi connectivity index (χ1n) is 8.01. The van der Waals surface area contributed by atoms with Gasteiger partial charge in [0.1, 0.15) is 18.3 Å². The number of fused-ring (bicyclic) bond motifs is 1. The summed E-state index contributed by atoms with van der Waals surface area (Å²) in [6.45, 7) is -0.0747. The summed E-state index contributed by atoms with van der Waals surface area (Å²) in [7, 11) is 1.35. The van der Waals surface area contributed by atoms with Crippen LogP contribution in [-0.2, 0) is 27.1 Å². The van der Waals surface area contributed by atoms with Crippen LogP contribution in [0.2, 0.25) is 0 Å². The fraction of sp³-hybridized carbons (Fsp3) is 0.588. The summed E-state index contributed by atoms with van der Waals surface area (Å²) in [5, 5.41) is 29.1. The van der Waals surface area contributed by atoms with Gasteiger partial charge in [0.25, 0.3) is 0 Å². The van der Waals surface area contributed by atoms with Crippen molar-refractivity contribution in [3.05, 3.63) is 34.9 Å². The van der Waals surface area contributed by atoms with E-state index in [9.17, 15) is 20.1 Å². The lowest BCUT2D eigenvalue weighted by Crippen LogP contribution is -2.54. The highest BCUT2D eigenvalue weighted by atomic mass is 16.7. The molecule has 1 aliphatic carbocycles. The molecule has 24 heavy (non-hydrogen) atoms. The highest BCUT2D eigenvalue weighted by Gasteiger charge is 2.39. The molecule has 1 heterocycles. The largest absolute Gasteiger partial charge is 0.465 e. The predicted octanol–water partition coefficient (Wildman–Crippen LogP) is -0.214. The monoisotopic (exact) mass is 338 g/mol. The van der Waals surface area contributed by atoms with E-state index in [2.05, 4.69) is 0 Å². The average molecular weight is 338 g/mol. The topological polar surface area (TPSA) is 105 Å². The number of aliphatic hydroxyl groups is 3. The van der Waals surface area contributed by atoms with Crippen LogP contribution >= 0.6 is 0 Å². The molecule has 1 saturated heterocycles. The molecule has 7 heteroatoms. The van der Waals surface area contributed by atoms with Crippen LogP contribution in [0.15, 0.2) is 18.2 Å². The minimum absolute atomic E-state index is 0.0747. The number of methoxy groups -OCH3 is 1. The molecule has 0 aromatic heterocycles. The lowest BCUT2D eigenvalue weighted by atomic mass is 9.88. The molecule has 0 amide bonds. The van der Waals surface area contributed by atoms with E-state index in [0.717, 1.165) is 17.5 Å². The molecule has 5 atom stereocenters. The highest BCUT2D eigenvalue weighted by Crippen LogP contribution is 2.27. The van der Waals surface area contributed by atoms with Crippen LogP contribution in [0.25, 0.3) is 0 Å². The van der Waals surface area contributed by atoms with E-state index in [0.29, 0.717) is 18.4 Å². The van der Waals surface area contributed by atoms with Crippen LogP contribution < -0.4 is 0 Å². The molecular formula is C17H22O7. The fourth-order valence-electron chi connectivity index (χ4n) is 3.17. The van der Waals surface area contributed by atoms with E-state index in [1.807, 2.05) is 12.1 Å². The van der Waals surface area contributed by atoms with Gasteiger partial charge in [-0.1, -0.05) is 6.07 Å². The molecule has 0 unspecified atom stereocenters. The Balaban J connectivity index is 1.64. The molecule has 0 radical (unpaired) electrons. The molecule has 0 saturated carbocycles. The molecular weight excluding hydrogens is 316 g/mol. The third kappa shape index (κ3) is 3.45. The highest BCUT2D eigenvalue weighted by molar-refractivity contribution is 5.89. The van der Waals surface area contributed by atoms with E-state index >= 15 is 0 Å². The molecule has 3 rings (SSSR count). The van der Waals surface area contributed by atoms with Gasteiger partial charge in [-0.05, 0) is 42.5 Å². The van der Waals surface area contributed by atoms with Crippen molar-refractivity contribution in [3.8, 4) is 0 Å². The van der Waals surface area contributed by atoms with E-state index < -0.39 is 24.6 Å². The third-order valence-corrected chi connectivity index (χ3v) is 4.59. The lowest BCUT2D eigenvalue weighted by molar-refractivity contribution is -0.283. The van der Waals surface area contributed by atoms with E-state index in [4.69, 9.17) is 14.2 Å². The normalized spacial score (nSPS) is 32.9. The molecule has 1 aromatic rings. The third-order valence-electron chi connectivity index (χ3n) is 4.59. The molecule has 3 N–H and O–H groups in total. The molecule has 2 aliphatic rings. The van der Waals surface area contributed by atoms with Crippen LogP contribution in [0, 0.1) is 0 Å². The second-order valence-corrected chi connectivity index (χ2v) is 6.23. The zero-order chi connectivity index (χ0) is 17.3. The van der Waals surface area contributed by atoms with Crippen molar-refractivity contribution in [1.29, 1.82) is 0 Å². The number of aryl methyl sites for hydroxylation is 1. The summed E-state index contributed by atoms with van der Waals surface area (Å²) in [5.74, 6) is -0.359. The standard InChI is InChI=1S/C17H22O7/c1-22-16(21)11-3-2-10-7-12(5-4-9(10)6-11)24-17-15(20)14(19)13(18)8-23-17/h2-3,6,12-15,17-20H,4-5,7-8H2,1H3/t12-,13-,14+,15-,17+/m1/s1. The van der Waals surface area contributed by atoms with Gasteiger partial charge in [-0.15, -0.1) is 0 Å². The Morgan fingerprint density at radius 3 is 2.75 bits per heavy atom. The zero-order valence-corrected chi connectivity index (χ0v) is 13.4. The Morgan fingerprint density at radius 2 is 2.00 bits per heavy atom. The summed E-state index contributed by atoms with van der Waals surface area (Å²) in [4.78, 5) is 11.6. The van der Waals surface area contributed by atoms with Gasteiger partial charge in [-0.3, -0.25) is 0 Å². The van der Waals surface area contributed by atoms with Crippen molar-refractivity contribution in [2.75, 3.05) is 13.7 Å². The first-order chi connectivity index (χ1) is 11.5. The maximum absolute atomic E-state index is 11.6. The number of carbonyl (C=O) groups excluding carboxylic acids is 1. The number of aliphatic hydroxyl groups excluding tert-OH is 3. The number of carbonyl (C=O) groups is 1. The van der Waals surface area contributed by atoms with Crippen LogP contribution in [-0.4, -0.2) is 65.7 Å². The van der Waals surface area contributed by atoms with Crippen LogP contribution in [0.3, 0.4) is 0 Å². The Labute approximate surface area is 139 Å². The average Bonchev–Trinajstić information content (AvgIpc) is 2.61. The van der Waals surface area contributed by atoms with Crippen LogP contribution in [0.4, 0.5) is 0 Å². The molecule has 1 fully saturated rings. The van der Waals surface area contributed by atoms with Gasteiger partial charge in [-0.25, -0.2) is 4.79 Å². The number of hydrogen-bond acceptors (Lipinski definition) is 7. The summed E-state index contributed by atoms with van der Waals surface area (Å²) in [6.07, 6.45) is -2.71. The maximum atomic E-state index is 11.6. The van der Waals surface area contributed by atoms with Crippen molar-refractivity contribution in [1.82, 2.24) is 0 Å². The maximum Gasteiger partial charge on any atom is 0.337 e. The number of esters is 1. The first kappa shape index (κ1) is 17.3. The van der Waals surface area contributed by atoms with Crippen molar-refractivity contribution in [2.24, 2.45) is 0 Å². The van der Waals surface area contributed by atoms with Crippen molar-refractivity contribution < 1.29 is 34.3 Å². The molecule has 0 spiro atoms. The first-order valence-corrected chi connectivity index (χ1v) is 8.01.